The summed E-state index contributed by atoms with van der Waals surface area (Å²) >= 11 is 1.50. The maximum Gasteiger partial charge on any atom is 0.433 e. The summed E-state index contributed by atoms with van der Waals surface area (Å²) in [6.07, 6.45) is -0.141. The minimum atomic E-state index is -4.64. The number of anilines is 1. The summed E-state index contributed by atoms with van der Waals surface area (Å²) in [6.45, 7) is 0. The number of rotatable bonds is 5. The molecule has 1 aromatic carbocycles. The van der Waals surface area contributed by atoms with Crippen LogP contribution >= 0.6 is 11.3 Å². The lowest BCUT2D eigenvalue weighted by Crippen LogP contribution is -2.17. The van der Waals surface area contributed by atoms with E-state index in [0.29, 0.717) is 11.4 Å². The van der Waals surface area contributed by atoms with Crippen LogP contribution in [0.1, 0.15) is 52.8 Å². The van der Waals surface area contributed by atoms with Crippen LogP contribution in [0.15, 0.2) is 30.3 Å². The number of benzene rings is 1. The molecule has 0 atom stereocenters. The van der Waals surface area contributed by atoms with Crippen molar-refractivity contribution in [3.63, 3.8) is 0 Å². The summed E-state index contributed by atoms with van der Waals surface area (Å²) in [4.78, 5) is 31.7. The number of fused-ring (bicyclic) bond motifs is 1. The van der Waals surface area contributed by atoms with Crippen molar-refractivity contribution in [2.75, 3.05) is 12.4 Å². The zero-order valence-corrected chi connectivity index (χ0v) is 17.9. The molecule has 168 valence electrons. The van der Waals surface area contributed by atoms with Crippen molar-refractivity contribution in [3.8, 4) is 5.75 Å². The molecule has 0 radical (unpaired) electrons. The number of pyridine rings is 1. The van der Waals surface area contributed by atoms with E-state index in [0.717, 1.165) is 59.3 Å². The molecule has 0 bridgehead atoms. The van der Waals surface area contributed by atoms with Crippen LogP contribution in [0.3, 0.4) is 0 Å². The third-order valence-corrected chi connectivity index (χ3v) is 6.74. The van der Waals surface area contributed by atoms with Gasteiger partial charge in [0.1, 0.15) is 23.4 Å². The molecular weight excluding hydrogens is 443 g/mol. The van der Waals surface area contributed by atoms with Gasteiger partial charge >= 0.3 is 6.18 Å². The molecular formula is C22H20F3N3O3S. The second kappa shape index (κ2) is 8.85. The summed E-state index contributed by atoms with van der Waals surface area (Å²) in [6, 6.07) is 6.57. The van der Waals surface area contributed by atoms with Crippen LogP contribution in [0.4, 0.5) is 18.9 Å². The number of amides is 1. The van der Waals surface area contributed by atoms with Crippen molar-refractivity contribution >= 4 is 39.4 Å². The molecule has 2 heterocycles. The van der Waals surface area contributed by atoms with Crippen LogP contribution < -0.4 is 10.1 Å². The number of hydrogen-bond acceptors (Lipinski definition) is 6. The normalized spacial score (nSPS) is 19.0. The monoisotopic (exact) mass is 463 g/mol. The van der Waals surface area contributed by atoms with Gasteiger partial charge in [-0.2, -0.15) is 13.2 Å². The van der Waals surface area contributed by atoms with E-state index in [1.54, 1.807) is 12.1 Å². The molecule has 3 aromatic rings. The van der Waals surface area contributed by atoms with E-state index in [9.17, 15) is 22.8 Å². The van der Waals surface area contributed by atoms with Gasteiger partial charge in [-0.3, -0.25) is 4.79 Å². The molecule has 10 heteroatoms. The number of carbonyl (C=O) groups is 2. The second-order valence-electron chi connectivity index (χ2n) is 7.68. The van der Waals surface area contributed by atoms with E-state index in [4.69, 9.17) is 9.72 Å². The van der Waals surface area contributed by atoms with Crippen LogP contribution in [0.25, 0.3) is 10.2 Å². The lowest BCUT2D eigenvalue weighted by Gasteiger charge is -2.23. The standard InChI is InChI=1S/C22H20F3N3O3S/c1-31-17-9-16-18(32-21(28-16)13-7-5-12(11-29)6-8-13)10-15(17)27-20(30)14-3-2-4-19(26-14)22(23,24)25/h2-4,9-13H,5-8H2,1H3,(H,27,30)/t12-,13-. The highest BCUT2D eigenvalue weighted by molar-refractivity contribution is 7.18. The van der Waals surface area contributed by atoms with Crippen molar-refractivity contribution < 1.29 is 27.5 Å². The molecule has 0 saturated heterocycles. The Hall–Kier alpha value is -3.01. The van der Waals surface area contributed by atoms with E-state index in [2.05, 4.69) is 10.3 Å². The quantitative estimate of drug-likeness (QED) is 0.510. The number of nitrogens with one attached hydrogen (secondary N) is 1. The van der Waals surface area contributed by atoms with Gasteiger partial charge in [0.2, 0.25) is 0 Å². The Morgan fingerprint density at radius 3 is 2.59 bits per heavy atom. The Labute approximate surface area is 185 Å². The maximum atomic E-state index is 12.9. The fourth-order valence-corrected chi connectivity index (χ4v) is 4.98. The van der Waals surface area contributed by atoms with Crippen molar-refractivity contribution in [2.24, 2.45) is 5.92 Å². The van der Waals surface area contributed by atoms with Gasteiger partial charge in [-0.1, -0.05) is 6.07 Å². The number of alkyl halides is 3. The predicted molar refractivity (Wildman–Crippen MR) is 114 cm³/mol. The maximum absolute atomic E-state index is 12.9. The summed E-state index contributed by atoms with van der Waals surface area (Å²) in [5.74, 6) is -0.0287. The Bertz CT molecular complexity index is 1150. The number of carbonyl (C=O) groups excluding carboxylic acids is 2. The molecule has 4 rings (SSSR count). The zero-order chi connectivity index (χ0) is 22.9. The minimum Gasteiger partial charge on any atom is -0.494 e. The van der Waals surface area contributed by atoms with Gasteiger partial charge in [-0.15, -0.1) is 11.3 Å². The molecule has 1 amide bonds. The third-order valence-electron chi connectivity index (χ3n) is 5.56. The van der Waals surface area contributed by atoms with Gasteiger partial charge in [-0.05, 0) is 43.9 Å². The second-order valence-corrected chi connectivity index (χ2v) is 8.74. The van der Waals surface area contributed by atoms with Gasteiger partial charge in [-0.25, -0.2) is 9.97 Å². The van der Waals surface area contributed by atoms with Gasteiger partial charge < -0.3 is 14.8 Å². The zero-order valence-electron chi connectivity index (χ0n) is 17.1. The highest BCUT2D eigenvalue weighted by Crippen LogP contribution is 2.40. The Balaban J connectivity index is 1.59. The largest absolute Gasteiger partial charge is 0.494 e. The van der Waals surface area contributed by atoms with E-state index in [1.807, 2.05) is 0 Å². The molecule has 1 aliphatic carbocycles. The summed E-state index contributed by atoms with van der Waals surface area (Å²) in [5.41, 5.74) is -0.443. The van der Waals surface area contributed by atoms with Crippen molar-refractivity contribution in [2.45, 2.75) is 37.8 Å². The number of nitrogens with zero attached hydrogens (tertiary/aromatic N) is 2. The van der Waals surface area contributed by atoms with Gasteiger partial charge in [0, 0.05) is 17.9 Å². The first-order chi connectivity index (χ1) is 15.3. The van der Waals surface area contributed by atoms with E-state index in [-0.39, 0.29) is 17.5 Å². The fourth-order valence-electron chi connectivity index (χ4n) is 3.82. The van der Waals surface area contributed by atoms with Crippen LogP contribution in [0.2, 0.25) is 0 Å². The SMILES string of the molecule is COc1cc2nc([C@H]3CC[C@H](C=O)CC3)sc2cc1NC(=O)c1cccc(C(F)(F)F)n1. The summed E-state index contributed by atoms with van der Waals surface area (Å²) < 4.78 is 44.9. The van der Waals surface area contributed by atoms with Crippen LogP contribution in [-0.4, -0.2) is 29.3 Å². The van der Waals surface area contributed by atoms with Crippen LogP contribution in [0, 0.1) is 5.92 Å². The number of ether oxygens (including phenoxy) is 1. The van der Waals surface area contributed by atoms with E-state index in [1.165, 1.54) is 24.5 Å². The average molecular weight is 463 g/mol. The summed E-state index contributed by atoms with van der Waals surface area (Å²) in [5, 5.41) is 3.56. The molecule has 0 aliphatic heterocycles. The number of aldehydes is 1. The number of aromatic nitrogens is 2. The van der Waals surface area contributed by atoms with Gasteiger partial charge in [0.05, 0.1) is 28.0 Å². The van der Waals surface area contributed by atoms with Crippen molar-refractivity contribution in [3.05, 3.63) is 46.7 Å². The molecule has 6 nitrogen and oxygen atoms in total. The highest BCUT2D eigenvalue weighted by Gasteiger charge is 2.33. The Morgan fingerprint density at radius 2 is 1.94 bits per heavy atom. The third kappa shape index (κ3) is 4.59. The molecule has 2 aromatic heterocycles. The lowest BCUT2D eigenvalue weighted by molar-refractivity contribution is -0.141. The Kier molecular flexibility index (Phi) is 6.14. The number of thiazole rings is 1. The van der Waals surface area contributed by atoms with Crippen molar-refractivity contribution in [1.29, 1.82) is 0 Å². The molecule has 0 unspecified atom stereocenters. The lowest BCUT2D eigenvalue weighted by atomic mass is 9.83. The highest BCUT2D eigenvalue weighted by atomic mass is 32.1. The first kappa shape index (κ1) is 22.2. The molecule has 1 aliphatic rings. The fraction of sp³-hybridized carbons (Fsp3) is 0.364. The smallest absolute Gasteiger partial charge is 0.433 e. The Morgan fingerprint density at radius 1 is 1.19 bits per heavy atom. The predicted octanol–water partition coefficient (Wildman–Crippen LogP) is 5.44. The van der Waals surface area contributed by atoms with Crippen molar-refractivity contribution in [1.82, 2.24) is 9.97 Å². The molecule has 1 N–H and O–H groups in total. The van der Waals surface area contributed by atoms with E-state index < -0.39 is 17.8 Å². The molecule has 32 heavy (non-hydrogen) atoms. The first-order valence-electron chi connectivity index (χ1n) is 10.1. The molecule has 1 saturated carbocycles. The van der Waals surface area contributed by atoms with Crippen LogP contribution in [0.5, 0.6) is 5.75 Å². The number of halogens is 3. The van der Waals surface area contributed by atoms with Crippen LogP contribution in [-0.2, 0) is 11.0 Å². The molecule has 1 fully saturated rings. The minimum absolute atomic E-state index is 0.118. The van der Waals surface area contributed by atoms with Gasteiger partial charge in [0.15, 0.2) is 0 Å². The summed E-state index contributed by atoms with van der Waals surface area (Å²) in [7, 11) is 1.44. The van der Waals surface area contributed by atoms with E-state index >= 15 is 0 Å². The first-order valence-corrected chi connectivity index (χ1v) is 10.9. The average Bonchev–Trinajstić information content (AvgIpc) is 3.21. The van der Waals surface area contributed by atoms with Gasteiger partial charge in [0.25, 0.3) is 5.91 Å². The number of hydrogen-bond donors (Lipinski definition) is 1. The number of methoxy groups -OCH3 is 1. The molecule has 0 spiro atoms. The topological polar surface area (TPSA) is 81.2 Å².